The molecule has 0 aliphatic heterocycles. The maximum Gasteiger partial charge on any atom is 0.246 e. The van der Waals surface area contributed by atoms with Crippen LogP contribution < -0.4 is 0 Å². The van der Waals surface area contributed by atoms with Crippen LogP contribution in [0.2, 0.25) is 5.15 Å². The largest absolute Gasteiger partial charge is 0.391 e. The summed E-state index contributed by atoms with van der Waals surface area (Å²) in [6, 6.07) is 1.01. The standard InChI is InChI=1S/C12H16BrClN2O3S/c1-16(9-4-2-3-5-10(9)17)20(18,19)11-6-8(13)7-15-12(11)14/h6-7,9-10,17H,2-5H2,1H3. The van der Waals surface area contributed by atoms with Crippen molar-refractivity contribution in [2.75, 3.05) is 7.05 Å². The van der Waals surface area contributed by atoms with Crippen LogP contribution in [0.3, 0.4) is 0 Å². The summed E-state index contributed by atoms with van der Waals surface area (Å²) in [7, 11) is -2.30. The molecule has 1 fully saturated rings. The van der Waals surface area contributed by atoms with Crippen LogP contribution in [0.15, 0.2) is 21.6 Å². The molecular weight excluding hydrogens is 368 g/mol. The quantitative estimate of drug-likeness (QED) is 0.814. The molecule has 0 bridgehead atoms. The third-order valence-electron chi connectivity index (χ3n) is 3.59. The van der Waals surface area contributed by atoms with Crippen molar-refractivity contribution in [3.05, 3.63) is 21.9 Å². The van der Waals surface area contributed by atoms with Gasteiger partial charge >= 0.3 is 0 Å². The molecule has 1 aliphatic rings. The third-order valence-corrected chi connectivity index (χ3v) is 6.33. The smallest absolute Gasteiger partial charge is 0.246 e. The zero-order valence-corrected chi connectivity index (χ0v) is 14.1. The Hall–Kier alpha value is -0.210. The molecule has 0 spiro atoms. The van der Waals surface area contributed by atoms with E-state index in [1.807, 2.05) is 0 Å². The van der Waals surface area contributed by atoms with Crippen LogP contribution in [0.4, 0.5) is 0 Å². The Kier molecular flexibility index (Phi) is 5.07. The number of hydrogen-bond acceptors (Lipinski definition) is 4. The van der Waals surface area contributed by atoms with E-state index in [0.29, 0.717) is 17.3 Å². The first-order valence-corrected chi connectivity index (χ1v) is 8.92. The van der Waals surface area contributed by atoms with Crippen LogP contribution in [-0.4, -0.2) is 42.0 Å². The molecule has 0 amide bonds. The first-order chi connectivity index (χ1) is 9.34. The van der Waals surface area contributed by atoms with Crippen molar-refractivity contribution in [1.82, 2.24) is 9.29 Å². The predicted octanol–water partition coefficient (Wildman–Crippen LogP) is 2.42. The van der Waals surface area contributed by atoms with Gasteiger partial charge in [-0.1, -0.05) is 24.4 Å². The lowest BCUT2D eigenvalue weighted by Crippen LogP contribution is -2.46. The van der Waals surface area contributed by atoms with Crippen LogP contribution in [0.5, 0.6) is 0 Å². The number of halogens is 2. The van der Waals surface area contributed by atoms with Crippen molar-refractivity contribution < 1.29 is 13.5 Å². The average Bonchev–Trinajstić information content (AvgIpc) is 2.41. The van der Waals surface area contributed by atoms with Gasteiger partial charge in [0.25, 0.3) is 0 Å². The second kappa shape index (κ2) is 6.27. The number of aliphatic hydroxyl groups is 1. The SMILES string of the molecule is CN(C1CCCCC1O)S(=O)(=O)c1cc(Br)cnc1Cl. The van der Waals surface area contributed by atoms with Crippen molar-refractivity contribution in [3.8, 4) is 0 Å². The number of aliphatic hydroxyl groups excluding tert-OH is 1. The van der Waals surface area contributed by atoms with E-state index in [2.05, 4.69) is 20.9 Å². The zero-order valence-electron chi connectivity index (χ0n) is 11.0. The van der Waals surface area contributed by atoms with Crippen LogP contribution in [0.25, 0.3) is 0 Å². The highest BCUT2D eigenvalue weighted by molar-refractivity contribution is 9.10. The molecule has 2 unspecified atom stereocenters. The summed E-state index contributed by atoms with van der Waals surface area (Å²) in [6.07, 6.45) is 3.90. The zero-order chi connectivity index (χ0) is 14.9. The fraction of sp³-hybridized carbons (Fsp3) is 0.583. The van der Waals surface area contributed by atoms with Gasteiger partial charge in [0, 0.05) is 17.7 Å². The molecule has 112 valence electrons. The van der Waals surface area contributed by atoms with Gasteiger partial charge in [-0.25, -0.2) is 13.4 Å². The fourth-order valence-corrected chi connectivity index (χ4v) is 4.77. The highest BCUT2D eigenvalue weighted by Crippen LogP contribution is 2.30. The molecule has 20 heavy (non-hydrogen) atoms. The number of hydrogen-bond donors (Lipinski definition) is 1. The van der Waals surface area contributed by atoms with Crippen molar-refractivity contribution in [2.24, 2.45) is 0 Å². The van der Waals surface area contributed by atoms with E-state index < -0.39 is 22.2 Å². The predicted molar refractivity (Wildman–Crippen MR) is 80.2 cm³/mol. The monoisotopic (exact) mass is 382 g/mol. The molecule has 5 nitrogen and oxygen atoms in total. The summed E-state index contributed by atoms with van der Waals surface area (Å²) in [5.74, 6) is 0. The molecule has 1 N–H and O–H groups in total. The normalized spacial score (nSPS) is 24.1. The number of likely N-dealkylation sites (N-methyl/N-ethyl adjacent to an activating group) is 1. The maximum absolute atomic E-state index is 12.6. The van der Waals surface area contributed by atoms with Crippen molar-refractivity contribution >= 4 is 37.6 Å². The highest BCUT2D eigenvalue weighted by atomic mass is 79.9. The van der Waals surface area contributed by atoms with Gasteiger partial charge in [-0.3, -0.25) is 0 Å². The topological polar surface area (TPSA) is 70.5 Å². The van der Waals surface area contributed by atoms with Gasteiger partial charge in [0.1, 0.15) is 10.0 Å². The molecule has 2 rings (SSSR count). The Morgan fingerprint density at radius 3 is 2.75 bits per heavy atom. The number of rotatable bonds is 3. The van der Waals surface area contributed by atoms with E-state index in [-0.39, 0.29) is 10.0 Å². The molecule has 0 saturated heterocycles. The van der Waals surface area contributed by atoms with Gasteiger partial charge in [0.05, 0.1) is 12.1 Å². The van der Waals surface area contributed by atoms with Gasteiger partial charge < -0.3 is 5.11 Å². The van der Waals surface area contributed by atoms with Crippen molar-refractivity contribution in [1.29, 1.82) is 0 Å². The van der Waals surface area contributed by atoms with Crippen LogP contribution >= 0.6 is 27.5 Å². The van der Waals surface area contributed by atoms with E-state index >= 15 is 0 Å². The number of nitrogens with zero attached hydrogens (tertiary/aromatic N) is 2. The minimum atomic E-state index is -3.78. The molecule has 1 aromatic heterocycles. The van der Waals surface area contributed by atoms with E-state index in [9.17, 15) is 13.5 Å². The molecule has 1 heterocycles. The molecule has 8 heteroatoms. The summed E-state index contributed by atoms with van der Waals surface area (Å²) >= 11 is 9.09. The first kappa shape index (κ1) is 16.2. The third kappa shape index (κ3) is 3.17. The Balaban J connectivity index is 2.36. The van der Waals surface area contributed by atoms with Crippen molar-refractivity contribution in [2.45, 2.75) is 42.7 Å². The van der Waals surface area contributed by atoms with Gasteiger partial charge in [-0.2, -0.15) is 4.31 Å². The molecule has 1 aliphatic carbocycles. The molecule has 0 aromatic carbocycles. The van der Waals surface area contributed by atoms with Crippen molar-refractivity contribution in [3.63, 3.8) is 0 Å². The molecular formula is C12H16BrClN2O3S. The second-order valence-electron chi connectivity index (χ2n) is 4.88. The second-order valence-corrected chi connectivity index (χ2v) is 8.12. The highest BCUT2D eigenvalue weighted by Gasteiger charge is 2.35. The number of sulfonamides is 1. The lowest BCUT2D eigenvalue weighted by molar-refractivity contribution is 0.0638. The summed E-state index contributed by atoms with van der Waals surface area (Å²) < 4.78 is 27.0. The number of aromatic nitrogens is 1. The molecule has 0 radical (unpaired) electrons. The van der Waals surface area contributed by atoms with E-state index in [0.717, 1.165) is 12.8 Å². The summed E-state index contributed by atoms with van der Waals surface area (Å²) in [6.45, 7) is 0. The summed E-state index contributed by atoms with van der Waals surface area (Å²) in [4.78, 5) is 3.79. The Bertz CT molecular complexity index is 596. The fourth-order valence-electron chi connectivity index (χ4n) is 2.43. The minimum absolute atomic E-state index is 0.0474. The van der Waals surface area contributed by atoms with Crippen LogP contribution in [0.1, 0.15) is 25.7 Å². The Labute approximate surface area is 132 Å². The van der Waals surface area contributed by atoms with Gasteiger partial charge in [-0.15, -0.1) is 0 Å². The molecule has 1 saturated carbocycles. The maximum atomic E-state index is 12.6. The van der Waals surface area contributed by atoms with Gasteiger partial charge in [0.2, 0.25) is 10.0 Å². The average molecular weight is 384 g/mol. The Morgan fingerprint density at radius 1 is 1.45 bits per heavy atom. The van der Waals surface area contributed by atoms with Gasteiger partial charge in [-0.05, 0) is 34.8 Å². The summed E-state index contributed by atoms with van der Waals surface area (Å²) in [5.41, 5.74) is 0. The van der Waals surface area contributed by atoms with Crippen LogP contribution in [-0.2, 0) is 10.0 Å². The van der Waals surface area contributed by atoms with Crippen LogP contribution in [0, 0.1) is 0 Å². The lowest BCUT2D eigenvalue weighted by atomic mass is 9.93. The van der Waals surface area contributed by atoms with Gasteiger partial charge in [0.15, 0.2) is 0 Å². The molecule has 2 atom stereocenters. The summed E-state index contributed by atoms with van der Waals surface area (Å²) in [5, 5.41) is 9.95. The number of pyridine rings is 1. The van der Waals surface area contributed by atoms with E-state index in [1.54, 1.807) is 0 Å². The van der Waals surface area contributed by atoms with E-state index in [4.69, 9.17) is 11.6 Å². The lowest BCUT2D eigenvalue weighted by Gasteiger charge is -2.34. The van der Waals surface area contributed by atoms with E-state index in [1.165, 1.54) is 23.6 Å². The minimum Gasteiger partial charge on any atom is -0.391 e. The molecule has 1 aromatic rings. The first-order valence-electron chi connectivity index (χ1n) is 6.31. The Morgan fingerprint density at radius 2 is 2.10 bits per heavy atom.